The van der Waals surface area contributed by atoms with Gasteiger partial charge in [-0.1, -0.05) is 39.3 Å². The lowest BCUT2D eigenvalue weighted by Crippen LogP contribution is -2.40. The van der Waals surface area contributed by atoms with Gasteiger partial charge < -0.3 is 10.2 Å². The summed E-state index contributed by atoms with van der Waals surface area (Å²) in [7, 11) is -1.58. The van der Waals surface area contributed by atoms with Gasteiger partial charge in [-0.15, -0.1) is 0 Å². The van der Waals surface area contributed by atoms with Gasteiger partial charge in [-0.3, -0.25) is 0 Å². The molecule has 0 amide bonds. The van der Waals surface area contributed by atoms with E-state index in [2.05, 4.69) is 53.8 Å². The van der Waals surface area contributed by atoms with Gasteiger partial charge >= 0.3 is 0 Å². The van der Waals surface area contributed by atoms with Crippen molar-refractivity contribution in [3.05, 3.63) is 11.6 Å². The molecular weight excluding hydrogens is 226 g/mol. The first-order chi connectivity index (χ1) is 7.61. The van der Waals surface area contributed by atoms with E-state index in [1.165, 1.54) is 11.6 Å². The molecule has 0 saturated heterocycles. The predicted octanol–water partition coefficient (Wildman–Crippen LogP) is 3.94. The third kappa shape index (κ3) is 7.74. The van der Waals surface area contributed by atoms with Crippen molar-refractivity contribution in [2.24, 2.45) is 11.1 Å². The fraction of sp³-hybridized carbons (Fsp3) is 0.857. The topological polar surface area (TPSA) is 35.2 Å². The van der Waals surface area contributed by atoms with Crippen LogP contribution < -0.4 is 5.73 Å². The molecule has 0 aliphatic carbocycles. The van der Waals surface area contributed by atoms with Crippen molar-refractivity contribution in [3.8, 4) is 0 Å². The van der Waals surface area contributed by atoms with Crippen LogP contribution in [0.1, 0.15) is 41.0 Å². The van der Waals surface area contributed by atoms with Gasteiger partial charge in [0, 0.05) is 6.04 Å². The Morgan fingerprint density at radius 3 is 2.24 bits per heavy atom. The summed E-state index contributed by atoms with van der Waals surface area (Å²) in [6.07, 6.45) is 3.13. The van der Waals surface area contributed by atoms with Crippen molar-refractivity contribution in [2.75, 3.05) is 6.61 Å². The van der Waals surface area contributed by atoms with E-state index in [0.717, 1.165) is 6.42 Å². The monoisotopic (exact) mass is 257 g/mol. The van der Waals surface area contributed by atoms with Crippen LogP contribution in [-0.2, 0) is 4.43 Å². The molecule has 17 heavy (non-hydrogen) atoms. The zero-order valence-electron chi connectivity index (χ0n) is 12.8. The van der Waals surface area contributed by atoms with Crippen molar-refractivity contribution in [1.82, 2.24) is 0 Å². The Hall–Kier alpha value is -0.123. The number of nitrogens with two attached hydrogens (primary N) is 1. The average molecular weight is 257 g/mol. The lowest BCUT2D eigenvalue weighted by molar-refractivity contribution is 0.277. The number of rotatable bonds is 6. The molecule has 0 aromatic rings. The number of hydrogen-bond donors (Lipinski definition) is 1. The fourth-order valence-corrected chi connectivity index (χ4v) is 5.72. The summed E-state index contributed by atoms with van der Waals surface area (Å²) < 4.78 is 6.12. The van der Waals surface area contributed by atoms with Crippen LogP contribution in [-0.4, -0.2) is 21.0 Å². The Labute approximate surface area is 109 Å². The lowest BCUT2D eigenvalue weighted by atomic mass is 10.0. The zero-order valence-corrected chi connectivity index (χ0v) is 13.8. The molecule has 0 aromatic carbocycles. The van der Waals surface area contributed by atoms with Crippen molar-refractivity contribution < 1.29 is 4.43 Å². The van der Waals surface area contributed by atoms with Crippen molar-refractivity contribution >= 4 is 8.32 Å². The van der Waals surface area contributed by atoms with Crippen molar-refractivity contribution in [1.29, 1.82) is 0 Å². The molecule has 0 spiro atoms. The van der Waals surface area contributed by atoms with Crippen LogP contribution >= 0.6 is 0 Å². The first-order valence-electron chi connectivity index (χ1n) is 6.66. The highest BCUT2D eigenvalue weighted by Crippen LogP contribution is 2.28. The predicted molar refractivity (Wildman–Crippen MR) is 79.7 cm³/mol. The SMILES string of the molecule is CC=C(CC)[C@H](N)CO[Si](C)(C)CC(C)(C)C. The van der Waals surface area contributed by atoms with E-state index in [-0.39, 0.29) is 6.04 Å². The van der Waals surface area contributed by atoms with Gasteiger partial charge in [-0.2, -0.15) is 0 Å². The molecule has 0 heterocycles. The van der Waals surface area contributed by atoms with Crippen LogP contribution in [0.3, 0.4) is 0 Å². The molecule has 0 unspecified atom stereocenters. The summed E-state index contributed by atoms with van der Waals surface area (Å²) >= 11 is 0. The maximum Gasteiger partial charge on any atom is 0.187 e. The van der Waals surface area contributed by atoms with Gasteiger partial charge in [-0.05, 0) is 37.9 Å². The minimum absolute atomic E-state index is 0.0664. The van der Waals surface area contributed by atoms with E-state index in [4.69, 9.17) is 10.2 Å². The Morgan fingerprint density at radius 2 is 1.88 bits per heavy atom. The third-order valence-corrected chi connectivity index (χ3v) is 5.73. The maximum atomic E-state index is 6.14. The number of hydrogen-bond acceptors (Lipinski definition) is 2. The average Bonchev–Trinajstić information content (AvgIpc) is 2.13. The molecule has 2 N–H and O–H groups in total. The quantitative estimate of drug-likeness (QED) is 0.578. The molecule has 0 radical (unpaired) electrons. The molecule has 0 aliphatic heterocycles. The van der Waals surface area contributed by atoms with Gasteiger partial charge in [0.15, 0.2) is 8.32 Å². The zero-order chi connectivity index (χ0) is 13.7. The van der Waals surface area contributed by atoms with Crippen molar-refractivity contribution in [3.63, 3.8) is 0 Å². The first-order valence-corrected chi connectivity index (χ1v) is 9.77. The molecule has 102 valence electrons. The highest BCUT2D eigenvalue weighted by molar-refractivity contribution is 6.71. The highest BCUT2D eigenvalue weighted by Gasteiger charge is 2.29. The van der Waals surface area contributed by atoms with E-state index >= 15 is 0 Å². The van der Waals surface area contributed by atoms with Crippen LogP contribution in [0.5, 0.6) is 0 Å². The van der Waals surface area contributed by atoms with Crippen LogP contribution in [0.2, 0.25) is 19.1 Å². The van der Waals surface area contributed by atoms with Crippen LogP contribution in [0, 0.1) is 5.41 Å². The second-order valence-electron chi connectivity index (χ2n) is 6.63. The fourth-order valence-electron chi connectivity index (χ4n) is 2.43. The summed E-state index contributed by atoms with van der Waals surface area (Å²) in [6.45, 7) is 16.3. The highest BCUT2D eigenvalue weighted by atomic mass is 28.4. The lowest BCUT2D eigenvalue weighted by Gasteiger charge is -2.31. The summed E-state index contributed by atoms with van der Waals surface area (Å²) in [5, 5.41) is 0. The number of allylic oxidation sites excluding steroid dienone is 1. The van der Waals surface area contributed by atoms with Gasteiger partial charge in [-0.25, -0.2) is 0 Å². The molecule has 1 atom stereocenters. The van der Waals surface area contributed by atoms with E-state index in [0.29, 0.717) is 12.0 Å². The molecular formula is C14H31NOSi. The largest absolute Gasteiger partial charge is 0.415 e. The normalized spacial score (nSPS) is 16.1. The summed E-state index contributed by atoms with van der Waals surface area (Å²) in [5.74, 6) is 0. The molecule has 3 heteroatoms. The molecule has 0 bridgehead atoms. The van der Waals surface area contributed by atoms with E-state index in [9.17, 15) is 0 Å². The van der Waals surface area contributed by atoms with E-state index < -0.39 is 8.32 Å². The first kappa shape index (κ1) is 16.9. The van der Waals surface area contributed by atoms with E-state index in [1.54, 1.807) is 0 Å². The van der Waals surface area contributed by atoms with Gasteiger partial charge in [0.1, 0.15) is 0 Å². The summed E-state index contributed by atoms with van der Waals surface area (Å²) in [6, 6.07) is 1.24. The Bertz CT molecular complexity index is 253. The molecule has 0 rings (SSSR count). The Kier molecular flexibility index (Phi) is 6.67. The second kappa shape index (κ2) is 6.71. The van der Waals surface area contributed by atoms with Crippen molar-refractivity contribution in [2.45, 2.75) is 66.2 Å². The van der Waals surface area contributed by atoms with Crippen LogP contribution in [0.25, 0.3) is 0 Å². The van der Waals surface area contributed by atoms with Gasteiger partial charge in [0.25, 0.3) is 0 Å². The minimum Gasteiger partial charge on any atom is -0.415 e. The van der Waals surface area contributed by atoms with Gasteiger partial charge in [0.05, 0.1) is 6.61 Å². The smallest absolute Gasteiger partial charge is 0.187 e. The molecule has 2 nitrogen and oxygen atoms in total. The third-order valence-electron chi connectivity index (χ3n) is 2.86. The van der Waals surface area contributed by atoms with Crippen LogP contribution in [0.4, 0.5) is 0 Å². The molecule has 0 aliphatic rings. The summed E-state index contributed by atoms with van der Waals surface area (Å²) in [5.41, 5.74) is 7.78. The maximum absolute atomic E-state index is 6.14. The second-order valence-corrected chi connectivity index (χ2v) is 10.8. The Balaban J connectivity index is 4.27. The Morgan fingerprint density at radius 1 is 1.35 bits per heavy atom. The molecule has 0 aromatic heterocycles. The standard InChI is InChI=1S/C14H31NOSi/c1-8-12(9-2)13(15)10-16-17(6,7)11-14(3,4)5/h8,13H,9-11,15H2,1-7H3/t13-/m1/s1. The summed E-state index contributed by atoms with van der Waals surface area (Å²) in [4.78, 5) is 0. The van der Waals surface area contributed by atoms with E-state index in [1.807, 2.05) is 0 Å². The minimum atomic E-state index is -1.58. The molecule has 0 saturated carbocycles. The van der Waals surface area contributed by atoms with Gasteiger partial charge in [0.2, 0.25) is 0 Å². The molecule has 0 fully saturated rings. The van der Waals surface area contributed by atoms with Crippen LogP contribution in [0.15, 0.2) is 11.6 Å².